The van der Waals surface area contributed by atoms with Gasteiger partial charge in [0.05, 0.1) is 0 Å². The van der Waals surface area contributed by atoms with Crippen molar-refractivity contribution in [2.24, 2.45) is 0 Å². The van der Waals surface area contributed by atoms with Gasteiger partial charge < -0.3 is 9.88 Å². The third-order valence-corrected chi connectivity index (χ3v) is 3.43. The van der Waals surface area contributed by atoms with Crippen molar-refractivity contribution < 1.29 is 0 Å². The fourth-order valence-corrected chi connectivity index (χ4v) is 2.65. The van der Waals surface area contributed by atoms with Crippen molar-refractivity contribution >= 4 is 0 Å². The Morgan fingerprint density at radius 2 is 2.29 bits per heavy atom. The molecule has 14 heavy (non-hydrogen) atoms. The van der Waals surface area contributed by atoms with Gasteiger partial charge in [-0.05, 0) is 51.3 Å². The van der Waals surface area contributed by atoms with Crippen LogP contribution >= 0.6 is 0 Å². The second kappa shape index (κ2) is 3.77. The molecule has 1 unspecified atom stereocenters. The van der Waals surface area contributed by atoms with Crippen molar-refractivity contribution in [2.75, 3.05) is 13.1 Å². The van der Waals surface area contributed by atoms with Gasteiger partial charge in [0.15, 0.2) is 0 Å². The van der Waals surface area contributed by atoms with Gasteiger partial charge in [0.25, 0.3) is 0 Å². The van der Waals surface area contributed by atoms with Gasteiger partial charge in [-0.15, -0.1) is 0 Å². The number of nitrogens with one attached hydrogen (secondary N) is 1. The maximum Gasteiger partial charge on any atom is 0.0196 e. The molecule has 2 nitrogen and oxygen atoms in total. The molecule has 0 aliphatic carbocycles. The van der Waals surface area contributed by atoms with Crippen LogP contribution in [-0.4, -0.2) is 17.7 Å². The summed E-state index contributed by atoms with van der Waals surface area (Å²) in [4.78, 5) is 0. The molecule has 2 rings (SSSR count). The summed E-state index contributed by atoms with van der Waals surface area (Å²) in [5, 5.41) is 3.44. The number of aryl methyl sites for hydroxylation is 1. The normalized spacial score (nSPS) is 21.8. The van der Waals surface area contributed by atoms with Gasteiger partial charge in [0.2, 0.25) is 0 Å². The first-order valence-electron chi connectivity index (χ1n) is 5.61. The minimum atomic E-state index is 0.751. The van der Waals surface area contributed by atoms with Gasteiger partial charge in [-0.2, -0.15) is 0 Å². The molecule has 1 saturated heterocycles. The Morgan fingerprint density at radius 1 is 1.50 bits per heavy atom. The van der Waals surface area contributed by atoms with Crippen LogP contribution in [0.4, 0.5) is 0 Å². The van der Waals surface area contributed by atoms with Crippen molar-refractivity contribution in [2.45, 2.75) is 39.7 Å². The van der Waals surface area contributed by atoms with E-state index in [1.165, 1.54) is 24.4 Å². The highest BCUT2D eigenvalue weighted by atomic mass is 15.0. The van der Waals surface area contributed by atoms with E-state index in [2.05, 4.69) is 36.7 Å². The Labute approximate surface area is 86.3 Å². The fraction of sp³-hybridized carbons (Fsp3) is 0.667. The predicted octanol–water partition coefficient (Wildman–Crippen LogP) is 2.20. The molecule has 0 aromatic carbocycles. The molecule has 1 aliphatic heterocycles. The summed E-state index contributed by atoms with van der Waals surface area (Å²) in [5.74, 6) is 0.751. The Balaban J connectivity index is 2.33. The minimum Gasteiger partial charge on any atom is -0.349 e. The quantitative estimate of drug-likeness (QED) is 0.760. The fourth-order valence-electron chi connectivity index (χ4n) is 2.65. The molecule has 1 fully saturated rings. The zero-order valence-corrected chi connectivity index (χ0v) is 9.43. The van der Waals surface area contributed by atoms with Crippen molar-refractivity contribution in [1.29, 1.82) is 0 Å². The SMILES string of the molecule is CCn1c(C)cc(C2CCNC2)c1C. The Bertz CT molecular complexity index is 319. The van der Waals surface area contributed by atoms with E-state index in [-0.39, 0.29) is 0 Å². The molecule has 1 atom stereocenters. The standard InChI is InChI=1S/C12H20N2/c1-4-14-9(2)7-12(10(14)3)11-5-6-13-8-11/h7,11,13H,4-6,8H2,1-3H3. The molecule has 0 saturated carbocycles. The molecule has 78 valence electrons. The van der Waals surface area contributed by atoms with E-state index in [1.807, 2.05) is 0 Å². The molecule has 1 N–H and O–H groups in total. The second-order valence-electron chi connectivity index (χ2n) is 4.26. The molecule has 1 aliphatic rings. The van der Waals surface area contributed by atoms with Gasteiger partial charge in [0, 0.05) is 24.5 Å². The molecule has 2 heteroatoms. The maximum absolute atomic E-state index is 3.44. The number of hydrogen-bond donors (Lipinski definition) is 1. The monoisotopic (exact) mass is 192 g/mol. The maximum atomic E-state index is 3.44. The largest absolute Gasteiger partial charge is 0.349 e. The van der Waals surface area contributed by atoms with E-state index < -0.39 is 0 Å². The first kappa shape index (κ1) is 9.78. The highest BCUT2D eigenvalue weighted by molar-refractivity contribution is 5.31. The summed E-state index contributed by atoms with van der Waals surface area (Å²) in [6.45, 7) is 10.1. The van der Waals surface area contributed by atoms with Crippen molar-refractivity contribution in [3.8, 4) is 0 Å². The zero-order valence-electron chi connectivity index (χ0n) is 9.43. The van der Waals surface area contributed by atoms with Crippen LogP contribution in [0.25, 0.3) is 0 Å². The third kappa shape index (κ3) is 1.48. The van der Waals surface area contributed by atoms with Gasteiger partial charge in [-0.1, -0.05) is 0 Å². The van der Waals surface area contributed by atoms with E-state index >= 15 is 0 Å². The first-order valence-corrected chi connectivity index (χ1v) is 5.61. The average Bonchev–Trinajstić information content (AvgIpc) is 2.74. The lowest BCUT2D eigenvalue weighted by molar-refractivity contribution is 0.698. The summed E-state index contributed by atoms with van der Waals surface area (Å²) >= 11 is 0. The highest BCUT2D eigenvalue weighted by Crippen LogP contribution is 2.27. The molecule has 0 amide bonds. The van der Waals surface area contributed by atoms with Crippen molar-refractivity contribution in [3.63, 3.8) is 0 Å². The van der Waals surface area contributed by atoms with E-state index in [1.54, 1.807) is 5.56 Å². The zero-order chi connectivity index (χ0) is 10.1. The number of nitrogens with zero attached hydrogens (tertiary/aromatic N) is 1. The lowest BCUT2D eigenvalue weighted by Gasteiger charge is -2.09. The molecule has 2 heterocycles. The van der Waals surface area contributed by atoms with E-state index in [0.717, 1.165) is 19.0 Å². The summed E-state index contributed by atoms with van der Waals surface area (Å²) in [6, 6.07) is 2.37. The first-order chi connectivity index (χ1) is 6.74. The van der Waals surface area contributed by atoms with E-state index in [4.69, 9.17) is 0 Å². The van der Waals surface area contributed by atoms with Crippen LogP contribution in [0.2, 0.25) is 0 Å². The Hall–Kier alpha value is -0.760. The Kier molecular flexibility index (Phi) is 2.64. The summed E-state index contributed by atoms with van der Waals surface area (Å²) in [7, 11) is 0. The molecule has 1 aromatic rings. The predicted molar refractivity (Wildman–Crippen MR) is 59.8 cm³/mol. The minimum absolute atomic E-state index is 0.751. The van der Waals surface area contributed by atoms with Crippen molar-refractivity contribution in [1.82, 2.24) is 9.88 Å². The van der Waals surface area contributed by atoms with Crippen LogP contribution in [0.15, 0.2) is 6.07 Å². The molecular formula is C12H20N2. The number of rotatable bonds is 2. The smallest absolute Gasteiger partial charge is 0.0196 e. The van der Waals surface area contributed by atoms with Crippen LogP contribution in [0.1, 0.15) is 36.2 Å². The summed E-state index contributed by atoms with van der Waals surface area (Å²) < 4.78 is 2.41. The van der Waals surface area contributed by atoms with Crippen LogP contribution in [0.3, 0.4) is 0 Å². The molecule has 0 spiro atoms. The topological polar surface area (TPSA) is 17.0 Å². The van der Waals surface area contributed by atoms with Crippen LogP contribution in [-0.2, 0) is 6.54 Å². The highest BCUT2D eigenvalue weighted by Gasteiger charge is 2.20. The van der Waals surface area contributed by atoms with E-state index in [0.29, 0.717) is 0 Å². The second-order valence-corrected chi connectivity index (χ2v) is 4.26. The van der Waals surface area contributed by atoms with E-state index in [9.17, 15) is 0 Å². The molecular weight excluding hydrogens is 172 g/mol. The Morgan fingerprint density at radius 3 is 2.79 bits per heavy atom. The molecule has 0 radical (unpaired) electrons. The van der Waals surface area contributed by atoms with Crippen LogP contribution in [0, 0.1) is 13.8 Å². The summed E-state index contributed by atoms with van der Waals surface area (Å²) in [6.07, 6.45) is 1.30. The third-order valence-electron chi connectivity index (χ3n) is 3.43. The lowest BCUT2D eigenvalue weighted by Crippen LogP contribution is -2.08. The van der Waals surface area contributed by atoms with Gasteiger partial charge in [-0.25, -0.2) is 0 Å². The lowest BCUT2D eigenvalue weighted by atomic mass is 9.99. The van der Waals surface area contributed by atoms with Crippen molar-refractivity contribution in [3.05, 3.63) is 23.0 Å². The molecule has 1 aromatic heterocycles. The average molecular weight is 192 g/mol. The van der Waals surface area contributed by atoms with Gasteiger partial charge >= 0.3 is 0 Å². The number of aromatic nitrogens is 1. The number of hydrogen-bond acceptors (Lipinski definition) is 1. The van der Waals surface area contributed by atoms with Crippen LogP contribution < -0.4 is 5.32 Å². The van der Waals surface area contributed by atoms with Crippen LogP contribution in [0.5, 0.6) is 0 Å². The van der Waals surface area contributed by atoms with Gasteiger partial charge in [-0.3, -0.25) is 0 Å². The summed E-state index contributed by atoms with van der Waals surface area (Å²) in [5.41, 5.74) is 4.44. The molecule has 0 bridgehead atoms. The van der Waals surface area contributed by atoms with Gasteiger partial charge in [0.1, 0.15) is 0 Å².